The summed E-state index contributed by atoms with van der Waals surface area (Å²) < 4.78 is 0. The minimum absolute atomic E-state index is 1.13. The summed E-state index contributed by atoms with van der Waals surface area (Å²) in [5.41, 5.74) is 5.33. The second kappa shape index (κ2) is 4.66. The summed E-state index contributed by atoms with van der Waals surface area (Å²) >= 11 is 1.89. The normalized spacial score (nSPS) is 13.4. The molecule has 0 radical (unpaired) electrons. The maximum Gasteiger partial charge on any atom is 0.0155 e. The Morgan fingerprint density at radius 1 is 1.00 bits per heavy atom. The number of benzene rings is 2. The third kappa shape index (κ3) is 2.11. The van der Waals surface area contributed by atoms with Gasteiger partial charge in [-0.3, -0.25) is 0 Å². The molecule has 0 aliphatic carbocycles. The molecular weight excluding hydrogens is 236 g/mol. The van der Waals surface area contributed by atoms with Crippen LogP contribution in [0.25, 0.3) is 5.57 Å². The molecule has 0 amide bonds. The van der Waals surface area contributed by atoms with Crippen molar-refractivity contribution in [2.75, 3.05) is 0 Å². The Labute approximate surface area is 113 Å². The van der Waals surface area contributed by atoms with Crippen LogP contribution in [-0.2, 0) is 12.8 Å². The van der Waals surface area contributed by atoms with Gasteiger partial charge in [-0.05, 0) is 48.6 Å². The molecule has 0 saturated heterocycles. The van der Waals surface area contributed by atoms with E-state index in [0.29, 0.717) is 0 Å². The first-order chi connectivity index (χ1) is 8.74. The van der Waals surface area contributed by atoms with Gasteiger partial charge in [0.25, 0.3) is 0 Å². The molecule has 1 heterocycles. The third-order valence-electron chi connectivity index (χ3n) is 3.41. The number of aryl methyl sites for hydroxylation is 2. The van der Waals surface area contributed by atoms with Gasteiger partial charge in [-0.2, -0.15) is 0 Å². The van der Waals surface area contributed by atoms with Gasteiger partial charge in [-0.1, -0.05) is 54.2 Å². The maximum atomic E-state index is 4.03. The second-order valence-corrected chi connectivity index (χ2v) is 5.90. The lowest BCUT2D eigenvalue weighted by Crippen LogP contribution is -1.91. The van der Waals surface area contributed by atoms with Crippen molar-refractivity contribution >= 4 is 17.3 Å². The second-order valence-electron chi connectivity index (χ2n) is 4.81. The van der Waals surface area contributed by atoms with Crippen LogP contribution in [0.4, 0.5) is 0 Å². The average Bonchev–Trinajstić information content (AvgIpc) is 2.56. The molecule has 3 rings (SSSR count). The van der Waals surface area contributed by atoms with Crippen LogP contribution in [-0.4, -0.2) is 0 Å². The maximum absolute atomic E-state index is 4.03. The molecule has 0 spiro atoms. The summed E-state index contributed by atoms with van der Waals surface area (Å²) in [6, 6.07) is 15.5. The molecule has 2 aromatic rings. The molecule has 0 N–H and O–H groups in total. The number of fused-ring (bicyclic) bond motifs is 2. The van der Waals surface area contributed by atoms with E-state index in [0.717, 1.165) is 18.4 Å². The molecule has 18 heavy (non-hydrogen) atoms. The zero-order chi connectivity index (χ0) is 12.5. The molecule has 1 aliphatic rings. The molecule has 0 bridgehead atoms. The van der Waals surface area contributed by atoms with E-state index in [1.165, 1.54) is 26.5 Å². The predicted octanol–water partition coefficient (Wildman–Crippen LogP) is 4.97. The van der Waals surface area contributed by atoms with Crippen molar-refractivity contribution in [2.45, 2.75) is 29.6 Å². The van der Waals surface area contributed by atoms with Gasteiger partial charge in [-0.25, -0.2) is 0 Å². The van der Waals surface area contributed by atoms with Crippen LogP contribution >= 0.6 is 11.8 Å². The summed E-state index contributed by atoms with van der Waals surface area (Å²) in [4.78, 5) is 2.80. The molecular formula is C17H16S. The van der Waals surface area contributed by atoms with Crippen LogP contribution in [0, 0.1) is 0 Å². The molecule has 1 aliphatic heterocycles. The molecule has 0 fully saturated rings. The predicted molar refractivity (Wildman–Crippen MR) is 79.1 cm³/mol. The highest BCUT2D eigenvalue weighted by Gasteiger charge is 2.13. The summed E-state index contributed by atoms with van der Waals surface area (Å²) in [5, 5.41) is 0. The molecule has 90 valence electrons. The van der Waals surface area contributed by atoms with Crippen LogP contribution in [0.5, 0.6) is 0 Å². The molecule has 0 aromatic heterocycles. The van der Waals surface area contributed by atoms with Crippen LogP contribution in [0.15, 0.2) is 58.8 Å². The zero-order valence-electron chi connectivity index (χ0n) is 10.6. The first-order valence-electron chi connectivity index (χ1n) is 6.28. The number of hydrogen-bond acceptors (Lipinski definition) is 1. The number of allylic oxidation sites excluding steroid dienone is 1. The SMILES string of the molecule is C=C(C)c1ccc2c(c1)CCc1ccccc1S2. The summed E-state index contributed by atoms with van der Waals surface area (Å²) in [7, 11) is 0. The molecule has 2 aromatic carbocycles. The minimum atomic E-state index is 1.13. The molecule has 1 heteroatoms. The largest absolute Gasteiger partial charge is 0.0955 e. The van der Waals surface area contributed by atoms with Crippen molar-refractivity contribution in [1.29, 1.82) is 0 Å². The molecule has 0 unspecified atom stereocenters. The van der Waals surface area contributed by atoms with Crippen LogP contribution < -0.4 is 0 Å². The van der Waals surface area contributed by atoms with E-state index in [1.54, 1.807) is 0 Å². The Hall–Kier alpha value is -1.47. The minimum Gasteiger partial charge on any atom is -0.0955 e. The highest BCUT2D eigenvalue weighted by atomic mass is 32.2. The fourth-order valence-electron chi connectivity index (χ4n) is 2.34. The Bertz CT molecular complexity index is 611. The highest BCUT2D eigenvalue weighted by Crippen LogP contribution is 2.37. The first-order valence-corrected chi connectivity index (χ1v) is 7.10. The Kier molecular flexibility index (Phi) is 3.00. The van der Waals surface area contributed by atoms with E-state index in [9.17, 15) is 0 Å². The standard InChI is InChI=1S/C17H16S/c1-12(2)14-9-10-17-15(11-14)8-7-13-5-3-4-6-16(13)18-17/h3-6,9-11H,1,7-8H2,2H3. The smallest absolute Gasteiger partial charge is 0.0155 e. The van der Waals surface area contributed by atoms with E-state index >= 15 is 0 Å². The van der Waals surface area contributed by atoms with Crippen molar-refractivity contribution in [3.63, 3.8) is 0 Å². The van der Waals surface area contributed by atoms with Crippen molar-refractivity contribution in [1.82, 2.24) is 0 Å². The highest BCUT2D eigenvalue weighted by molar-refractivity contribution is 7.99. The van der Waals surface area contributed by atoms with Gasteiger partial charge in [0.2, 0.25) is 0 Å². The van der Waals surface area contributed by atoms with E-state index in [1.807, 2.05) is 11.8 Å². The molecule has 0 nitrogen and oxygen atoms in total. The number of hydrogen-bond donors (Lipinski definition) is 0. The van der Waals surface area contributed by atoms with Gasteiger partial charge in [0, 0.05) is 9.79 Å². The lowest BCUT2D eigenvalue weighted by Gasteiger charge is -2.08. The van der Waals surface area contributed by atoms with E-state index in [2.05, 4.69) is 56.0 Å². The quantitative estimate of drug-likeness (QED) is 0.690. The average molecular weight is 252 g/mol. The number of rotatable bonds is 1. The van der Waals surface area contributed by atoms with Gasteiger partial charge in [-0.15, -0.1) is 0 Å². The Morgan fingerprint density at radius 2 is 1.72 bits per heavy atom. The van der Waals surface area contributed by atoms with E-state index in [4.69, 9.17) is 0 Å². The van der Waals surface area contributed by atoms with E-state index in [-0.39, 0.29) is 0 Å². The Morgan fingerprint density at radius 3 is 2.56 bits per heavy atom. The lowest BCUT2D eigenvalue weighted by atomic mass is 10.0. The third-order valence-corrected chi connectivity index (χ3v) is 4.65. The fraction of sp³-hybridized carbons (Fsp3) is 0.176. The zero-order valence-corrected chi connectivity index (χ0v) is 11.4. The Balaban J connectivity index is 2.04. The van der Waals surface area contributed by atoms with Gasteiger partial charge in [0.15, 0.2) is 0 Å². The van der Waals surface area contributed by atoms with Crippen molar-refractivity contribution in [3.05, 3.63) is 65.7 Å². The van der Waals surface area contributed by atoms with Crippen molar-refractivity contribution in [3.8, 4) is 0 Å². The van der Waals surface area contributed by atoms with Crippen LogP contribution in [0.3, 0.4) is 0 Å². The van der Waals surface area contributed by atoms with Crippen LogP contribution in [0.2, 0.25) is 0 Å². The van der Waals surface area contributed by atoms with E-state index < -0.39 is 0 Å². The van der Waals surface area contributed by atoms with Crippen LogP contribution in [0.1, 0.15) is 23.6 Å². The fourth-order valence-corrected chi connectivity index (χ4v) is 3.45. The van der Waals surface area contributed by atoms with Gasteiger partial charge in [0.05, 0.1) is 0 Å². The monoisotopic (exact) mass is 252 g/mol. The van der Waals surface area contributed by atoms with Gasteiger partial charge < -0.3 is 0 Å². The summed E-state index contributed by atoms with van der Waals surface area (Å²) in [5.74, 6) is 0. The molecule has 0 saturated carbocycles. The van der Waals surface area contributed by atoms with Gasteiger partial charge >= 0.3 is 0 Å². The summed E-state index contributed by atoms with van der Waals surface area (Å²) in [6.07, 6.45) is 2.26. The summed E-state index contributed by atoms with van der Waals surface area (Å²) in [6.45, 7) is 6.10. The first kappa shape index (κ1) is 11.6. The topological polar surface area (TPSA) is 0 Å². The lowest BCUT2D eigenvalue weighted by molar-refractivity contribution is 0.927. The molecule has 0 atom stereocenters. The van der Waals surface area contributed by atoms with Crippen molar-refractivity contribution < 1.29 is 0 Å². The van der Waals surface area contributed by atoms with Gasteiger partial charge in [0.1, 0.15) is 0 Å². The van der Waals surface area contributed by atoms with Crippen molar-refractivity contribution in [2.24, 2.45) is 0 Å².